The van der Waals surface area contributed by atoms with Gasteiger partial charge in [-0.3, -0.25) is 0 Å². The first kappa shape index (κ1) is 15.2. The number of ether oxygens (including phenoxy) is 1. The minimum absolute atomic E-state index is 0.0986. The summed E-state index contributed by atoms with van der Waals surface area (Å²) in [5.74, 6) is 0.263. The number of hydrogen-bond acceptors (Lipinski definition) is 8. The Labute approximate surface area is 136 Å². The van der Waals surface area contributed by atoms with Crippen molar-refractivity contribution in [2.45, 2.75) is 24.5 Å². The van der Waals surface area contributed by atoms with Crippen LogP contribution in [0.5, 0.6) is 0 Å². The van der Waals surface area contributed by atoms with Gasteiger partial charge < -0.3 is 20.7 Å². The number of aliphatic hydroxyl groups is 2. The number of nitrogens with two attached hydrogens (primary N) is 1. The number of azide groups is 1. The van der Waals surface area contributed by atoms with E-state index in [4.69, 9.17) is 16.0 Å². The van der Waals surface area contributed by atoms with Gasteiger partial charge in [0.1, 0.15) is 28.1 Å². The summed E-state index contributed by atoms with van der Waals surface area (Å²) in [6, 6.07) is 0. The smallest absolute Gasteiger partial charge is 0.181 e. The molecule has 1 fully saturated rings. The Morgan fingerprint density at radius 3 is 2.95 bits per heavy atom. The van der Waals surface area contributed by atoms with Gasteiger partial charge in [0.15, 0.2) is 11.9 Å². The number of nitrogen functional groups attached to an aromatic ring is 1. The number of nitrogens with zero attached hydrogens (tertiary/aromatic N) is 7. The third kappa shape index (κ3) is 2.34. The van der Waals surface area contributed by atoms with Crippen LogP contribution in [-0.4, -0.2) is 54.8 Å². The molecule has 3 heterocycles. The maximum atomic E-state index is 10.2. The van der Waals surface area contributed by atoms with E-state index in [9.17, 15) is 10.2 Å². The van der Waals surface area contributed by atoms with Gasteiger partial charge in [-0.2, -0.15) is 5.10 Å². The van der Waals surface area contributed by atoms with Gasteiger partial charge in [-0.05, 0) is 28.1 Å². The molecule has 2 aromatic rings. The summed E-state index contributed by atoms with van der Waals surface area (Å²) in [4.78, 5) is 10.6. The fourth-order valence-electron chi connectivity index (χ4n) is 2.33. The first-order chi connectivity index (χ1) is 10.5. The summed E-state index contributed by atoms with van der Waals surface area (Å²) >= 11 is 1.97. The third-order valence-electron chi connectivity index (χ3n) is 3.38. The summed E-state index contributed by atoms with van der Waals surface area (Å²) < 4.78 is 7.46. The second kappa shape index (κ2) is 5.81. The minimum atomic E-state index is -1.24. The van der Waals surface area contributed by atoms with Crippen LogP contribution in [-0.2, 0) is 4.74 Å². The van der Waals surface area contributed by atoms with Crippen LogP contribution in [0.15, 0.2) is 11.4 Å². The highest BCUT2D eigenvalue weighted by molar-refractivity contribution is 14.1. The van der Waals surface area contributed by atoms with Crippen LogP contribution in [0, 0.1) is 3.70 Å². The van der Waals surface area contributed by atoms with E-state index in [0.717, 1.165) is 0 Å². The zero-order valence-corrected chi connectivity index (χ0v) is 13.1. The maximum Gasteiger partial charge on any atom is 0.181 e. The molecule has 1 saturated heterocycles. The number of rotatable bonds is 3. The van der Waals surface area contributed by atoms with Gasteiger partial charge in [0, 0.05) is 4.91 Å². The number of aromatic nitrogens is 4. The van der Waals surface area contributed by atoms with Crippen molar-refractivity contribution in [2.24, 2.45) is 5.11 Å². The van der Waals surface area contributed by atoms with Crippen LogP contribution in [0.3, 0.4) is 0 Å². The fourth-order valence-corrected chi connectivity index (χ4v) is 3.08. The number of halogens is 1. The van der Waals surface area contributed by atoms with Gasteiger partial charge in [0.25, 0.3) is 0 Å². The molecule has 0 spiro atoms. The predicted molar refractivity (Wildman–Crippen MR) is 82.4 cm³/mol. The van der Waals surface area contributed by atoms with Crippen LogP contribution in [0.4, 0.5) is 5.82 Å². The molecular weight excluding hydrogens is 407 g/mol. The molecule has 11 nitrogen and oxygen atoms in total. The van der Waals surface area contributed by atoms with Crippen molar-refractivity contribution in [1.29, 1.82) is 0 Å². The second-order valence-corrected chi connectivity index (χ2v) is 5.67. The van der Waals surface area contributed by atoms with Crippen LogP contribution in [0.25, 0.3) is 21.5 Å². The molecule has 1 aliphatic rings. The van der Waals surface area contributed by atoms with Gasteiger partial charge in [-0.1, -0.05) is 5.11 Å². The average Bonchev–Trinajstić information content (AvgIpc) is 2.97. The Morgan fingerprint density at radius 2 is 2.23 bits per heavy atom. The highest BCUT2D eigenvalue weighted by atomic mass is 127. The van der Waals surface area contributed by atoms with Crippen LogP contribution >= 0.6 is 22.6 Å². The largest absolute Gasteiger partial charge is 0.388 e. The highest BCUT2D eigenvalue weighted by Gasteiger charge is 2.44. The molecule has 3 rings (SSSR count). The molecule has 2 aromatic heterocycles. The van der Waals surface area contributed by atoms with Crippen LogP contribution in [0.1, 0.15) is 6.23 Å². The molecule has 1 unspecified atom stereocenters. The Hall–Kier alpha value is -1.73. The van der Waals surface area contributed by atoms with Crippen molar-refractivity contribution in [1.82, 2.24) is 19.7 Å². The summed E-state index contributed by atoms with van der Waals surface area (Å²) in [6.45, 7) is -0.0986. The second-order valence-electron chi connectivity index (χ2n) is 4.65. The summed E-state index contributed by atoms with van der Waals surface area (Å²) in [7, 11) is 0. The third-order valence-corrected chi connectivity index (χ3v) is 4.13. The molecule has 0 aromatic carbocycles. The maximum absolute atomic E-state index is 10.2. The van der Waals surface area contributed by atoms with E-state index < -0.39 is 24.5 Å². The molecule has 116 valence electrons. The molecule has 4 atom stereocenters. The molecule has 0 bridgehead atoms. The normalized spacial score (nSPS) is 28.0. The van der Waals surface area contributed by atoms with Crippen molar-refractivity contribution < 1.29 is 14.9 Å². The van der Waals surface area contributed by atoms with E-state index >= 15 is 0 Å². The Balaban J connectivity index is 2.01. The van der Waals surface area contributed by atoms with Crippen LogP contribution in [0.2, 0.25) is 0 Å². The van der Waals surface area contributed by atoms with Crippen molar-refractivity contribution >= 4 is 39.4 Å². The van der Waals surface area contributed by atoms with Crippen molar-refractivity contribution in [2.75, 3.05) is 12.3 Å². The molecule has 0 radical (unpaired) electrons. The number of aliphatic hydroxyl groups excluding tert-OH is 2. The molecule has 0 aliphatic carbocycles. The minimum Gasteiger partial charge on any atom is -0.388 e. The fraction of sp³-hybridized carbons (Fsp3) is 0.500. The van der Waals surface area contributed by atoms with Crippen LogP contribution < -0.4 is 5.73 Å². The zero-order chi connectivity index (χ0) is 15.9. The van der Waals surface area contributed by atoms with Gasteiger partial charge in [-0.15, -0.1) is 0 Å². The lowest BCUT2D eigenvalue weighted by atomic mass is 10.1. The van der Waals surface area contributed by atoms with Crippen molar-refractivity contribution in [3.63, 3.8) is 0 Å². The first-order valence-corrected chi connectivity index (χ1v) is 7.29. The Kier molecular flexibility index (Phi) is 4.01. The molecule has 0 saturated carbocycles. The lowest BCUT2D eigenvalue weighted by Gasteiger charge is -2.15. The van der Waals surface area contributed by atoms with Gasteiger partial charge >= 0.3 is 0 Å². The van der Waals surface area contributed by atoms with Crippen molar-refractivity contribution in [3.8, 4) is 0 Å². The topological polar surface area (TPSA) is 168 Å². The molecular formula is C10H11IN8O3. The quantitative estimate of drug-likeness (QED) is 0.272. The molecule has 12 heteroatoms. The van der Waals surface area contributed by atoms with Gasteiger partial charge in [0.05, 0.1) is 18.0 Å². The predicted octanol–water partition coefficient (Wildman–Crippen LogP) is -0.0574. The lowest BCUT2D eigenvalue weighted by molar-refractivity contribution is -0.0394. The Bertz CT molecular complexity index is 760. The zero-order valence-electron chi connectivity index (χ0n) is 11.0. The van der Waals surface area contributed by atoms with Crippen molar-refractivity contribution in [3.05, 3.63) is 20.5 Å². The van der Waals surface area contributed by atoms with E-state index in [2.05, 4.69) is 25.1 Å². The summed E-state index contributed by atoms with van der Waals surface area (Å²) in [5, 5.41) is 28.3. The molecule has 4 N–H and O–H groups in total. The SMILES string of the molecule is [N-]=[N+]=NC[C@H]1OC(n2nc(I)c3c(N)ncnc32)[C@H](O)[C@@H]1O. The monoisotopic (exact) mass is 418 g/mol. The number of anilines is 1. The molecule has 1 aliphatic heterocycles. The summed E-state index contributed by atoms with van der Waals surface area (Å²) in [6.07, 6.45) is -2.96. The van der Waals surface area contributed by atoms with E-state index in [1.54, 1.807) is 0 Å². The lowest BCUT2D eigenvalue weighted by Crippen LogP contribution is -2.33. The Morgan fingerprint density at radius 1 is 1.45 bits per heavy atom. The first-order valence-electron chi connectivity index (χ1n) is 6.21. The molecule has 22 heavy (non-hydrogen) atoms. The van der Waals surface area contributed by atoms with Gasteiger partial charge in [0.2, 0.25) is 0 Å². The van der Waals surface area contributed by atoms with E-state index in [1.807, 2.05) is 22.6 Å². The van der Waals surface area contributed by atoms with E-state index in [-0.39, 0.29) is 12.4 Å². The standard InChI is InChI=1S/C10H11IN8O3/c11-7-4-8(12)14-2-15-9(4)19(17-7)10-6(21)5(20)3(22-10)1-16-18-13/h2-3,5-6,10,20-21H,1H2,(H2,12,14,15)/t3-,5-,6-,10?/m1/s1. The summed E-state index contributed by atoms with van der Waals surface area (Å²) in [5.41, 5.74) is 14.5. The average molecular weight is 418 g/mol. The molecule has 0 amide bonds. The highest BCUT2D eigenvalue weighted by Crippen LogP contribution is 2.33. The van der Waals surface area contributed by atoms with E-state index in [1.165, 1.54) is 11.0 Å². The van der Waals surface area contributed by atoms with E-state index in [0.29, 0.717) is 14.7 Å². The van der Waals surface area contributed by atoms with Gasteiger partial charge in [-0.25, -0.2) is 14.6 Å². The number of fused-ring (bicyclic) bond motifs is 1. The number of hydrogen-bond donors (Lipinski definition) is 3.